The summed E-state index contributed by atoms with van der Waals surface area (Å²) in [5, 5.41) is 3.03. The van der Waals surface area contributed by atoms with Gasteiger partial charge >= 0.3 is 0 Å². The summed E-state index contributed by atoms with van der Waals surface area (Å²) >= 11 is 8.06. The Kier molecular flexibility index (Phi) is 14.2. The summed E-state index contributed by atoms with van der Waals surface area (Å²) in [6.07, 6.45) is 1.69. The van der Waals surface area contributed by atoms with Crippen LogP contribution in [-0.4, -0.2) is 18.2 Å². The van der Waals surface area contributed by atoms with Crippen LogP contribution in [0, 0.1) is 0 Å². The molecule has 0 heterocycles. The van der Waals surface area contributed by atoms with E-state index in [0.29, 0.717) is 0 Å². The Morgan fingerprint density at radius 2 is 1.50 bits per heavy atom. The monoisotopic (exact) mass is 229 g/mol. The fourth-order valence-corrected chi connectivity index (χ4v) is 0.605. The van der Waals surface area contributed by atoms with Crippen LogP contribution in [0.2, 0.25) is 0 Å². The predicted molar refractivity (Wildman–Crippen MR) is 74.8 cm³/mol. The highest BCUT2D eigenvalue weighted by Gasteiger charge is 1.77. The number of nitrogens with one attached hydrogen (secondary N) is 1. The van der Waals surface area contributed by atoms with Crippen molar-refractivity contribution in [2.75, 3.05) is 18.6 Å². The van der Waals surface area contributed by atoms with Gasteiger partial charge in [-0.05, 0) is 37.1 Å². The zero-order chi connectivity index (χ0) is 11.4. The van der Waals surface area contributed by atoms with Gasteiger partial charge in [0.25, 0.3) is 0 Å². The molecule has 1 aromatic rings. The molecule has 0 atom stereocenters. The van der Waals surface area contributed by atoms with E-state index in [4.69, 9.17) is 0 Å². The van der Waals surface area contributed by atoms with E-state index in [-0.39, 0.29) is 0 Å². The SMILES string of the molecule is CC(C)=S.CNc1ccccc1.CS. The Labute approximate surface area is 98.3 Å². The number of hydrogen-bond donors (Lipinski definition) is 2. The highest BCUT2D eigenvalue weighted by Crippen LogP contribution is 2.01. The molecule has 0 spiro atoms. The average molecular weight is 229 g/mol. The van der Waals surface area contributed by atoms with Crippen molar-refractivity contribution in [1.29, 1.82) is 0 Å². The first-order chi connectivity index (χ1) is 6.66. The highest BCUT2D eigenvalue weighted by atomic mass is 32.1. The molecule has 0 aliphatic carbocycles. The van der Waals surface area contributed by atoms with E-state index >= 15 is 0 Å². The Bertz CT molecular complexity index is 218. The lowest BCUT2D eigenvalue weighted by Crippen LogP contribution is -1.84. The molecule has 0 aromatic heterocycles. The molecule has 80 valence electrons. The molecule has 0 fully saturated rings. The van der Waals surface area contributed by atoms with E-state index in [1.807, 2.05) is 51.2 Å². The second-order valence-corrected chi connectivity index (χ2v) is 3.34. The molecule has 3 heteroatoms. The summed E-state index contributed by atoms with van der Waals surface area (Å²) in [6, 6.07) is 10.1. The molecule has 0 bridgehead atoms. The average Bonchev–Trinajstić information content (AvgIpc) is 2.21. The molecule has 1 rings (SSSR count). The summed E-state index contributed by atoms with van der Waals surface area (Å²) in [4.78, 5) is 1.00. The zero-order valence-corrected chi connectivity index (χ0v) is 11.0. The standard InChI is InChI=1S/C7H9N.C3H6S.CH4S/c1-8-7-5-3-2-4-6-7;1-3(2)4;1-2/h2-6,8H,1H3;1-2H3;2H,1H3. The van der Waals surface area contributed by atoms with Crippen LogP contribution in [0.25, 0.3) is 0 Å². The topological polar surface area (TPSA) is 12.0 Å². The van der Waals surface area contributed by atoms with Crippen molar-refractivity contribution in [3.8, 4) is 0 Å². The van der Waals surface area contributed by atoms with Gasteiger partial charge in [0.05, 0.1) is 0 Å². The Morgan fingerprint density at radius 1 is 1.14 bits per heavy atom. The van der Waals surface area contributed by atoms with Crippen LogP contribution in [-0.2, 0) is 0 Å². The third-order valence-corrected chi connectivity index (χ3v) is 1.06. The van der Waals surface area contributed by atoms with Gasteiger partial charge in [-0.25, -0.2) is 0 Å². The van der Waals surface area contributed by atoms with Crippen molar-refractivity contribution in [2.45, 2.75) is 13.8 Å². The molecule has 0 saturated heterocycles. The van der Waals surface area contributed by atoms with E-state index in [0.717, 1.165) is 10.6 Å². The van der Waals surface area contributed by atoms with Gasteiger partial charge < -0.3 is 5.32 Å². The molecule has 1 nitrogen and oxygen atoms in total. The van der Waals surface area contributed by atoms with Crippen LogP contribution >= 0.6 is 24.8 Å². The Hall–Kier alpha value is -0.540. The minimum Gasteiger partial charge on any atom is -0.388 e. The lowest BCUT2D eigenvalue weighted by Gasteiger charge is -1.94. The number of para-hydroxylation sites is 1. The van der Waals surface area contributed by atoms with Gasteiger partial charge in [-0.3, -0.25) is 0 Å². The normalized spacial score (nSPS) is 7.21. The van der Waals surface area contributed by atoms with Gasteiger partial charge in [0.2, 0.25) is 0 Å². The van der Waals surface area contributed by atoms with Gasteiger partial charge in [-0.15, -0.1) is 0 Å². The van der Waals surface area contributed by atoms with Crippen molar-refractivity contribution >= 4 is 35.4 Å². The van der Waals surface area contributed by atoms with Crippen molar-refractivity contribution in [2.24, 2.45) is 0 Å². The summed E-state index contributed by atoms with van der Waals surface area (Å²) < 4.78 is 0. The highest BCUT2D eigenvalue weighted by molar-refractivity contribution is 7.80. The molecule has 14 heavy (non-hydrogen) atoms. The largest absolute Gasteiger partial charge is 0.388 e. The molecule has 0 saturated carbocycles. The van der Waals surface area contributed by atoms with Crippen LogP contribution in [0.4, 0.5) is 5.69 Å². The van der Waals surface area contributed by atoms with Gasteiger partial charge in [0.15, 0.2) is 0 Å². The van der Waals surface area contributed by atoms with E-state index in [2.05, 4.69) is 30.2 Å². The maximum Gasteiger partial charge on any atom is 0.0337 e. The summed E-state index contributed by atoms with van der Waals surface area (Å²) in [7, 11) is 1.91. The van der Waals surface area contributed by atoms with Crippen LogP contribution in [0.1, 0.15) is 13.8 Å². The third-order valence-electron chi connectivity index (χ3n) is 1.06. The van der Waals surface area contributed by atoms with Gasteiger partial charge in [0, 0.05) is 12.7 Å². The fraction of sp³-hybridized carbons (Fsp3) is 0.364. The maximum absolute atomic E-state index is 4.54. The van der Waals surface area contributed by atoms with Gasteiger partial charge in [-0.2, -0.15) is 12.6 Å². The third kappa shape index (κ3) is 14.0. The second kappa shape index (κ2) is 12.5. The van der Waals surface area contributed by atoms with Crippen molar-refractivity contribution in [3.63, 3.8) is 0 Å². The van der Waals surface area contributed by atoms with Crippen molar-refractivity contribution in [1.82, 2.24) is 0 Å². The molecule has 0 amide bonds. The smallest absolute Gasteiger partial charge is 0.0337 e. The molecule has 0 aliphatic heterocycles. The number of thiol groups is 1. The fourth-order valence-electron chi connectivity index (χ4n) is 0.605. The molecular weight excluding hydrogens is 210 g/mol. The van der Waals surface area contributed by atoms with E-state index in [1.54, 1.807) is 6.26 Å². The number of anilines is 1. The second-order valence-electron chi connectivity index (χ2n) is 2.52. The molecule has 0 aliphatic rings. The minimum atomic E-state index is 1.00. The lowest BCUT2D eigenvalue weighted by molar-refractivity contribution is 1.51. The molecule has 1 N–H and O–H groups in total. The number of benzene rings is 1. The first-order valence-corrected chi connectivity index (χ1v) is 5.61. The van der Waals surface area contributed by atoms with Crippen molar-refractivity contribution in [3.05, 3.63) is 30.3 Å². The van der Waals surface area contributed by atoms with Crippen LogP contribution in [0.5, 0.6) is 0 Å². The summed E-state index contributed by atoms with van der Waals surface area (Å²) in [5.41, 5.74) is 1.16. The van der Waals surface area contributed by atoms with Crippen LogP contribution in [0.15, 0.2) is 30.3 Å². The lowest BCUT2D eigenvalue weighted by atomic mass is 10.3. The summed E-state index contributed by atoms with van der Waals surface area (Å²) in [6.45, 7) is 3.80. The summed E-state index contributed by atoms with van der Waals surface area (Å²) in [5.74, 6) is 0. The first kappa shape index (κ1) is 15.9. The Balaban J connectivity index is 0. The van der Waals surface area contributed by atoms with Gasteiger partial charge in [-0.1, -0.05) is 30.4 Å². The van der Waals surface area contributed by atoms with E-state index < -0.39 is 0 Å². The maximum atomic E-state index is 4.54. The number of thiocarbonyl (C=S) groups is 1. The zero-order valence-electron chi connectivity index (χ0n) is 9.24. The van der Waals surface area contributed by atoms with E-state index in [1.165, 1.54) is 0 Å². The number of rotatable bonds is 1. The quantitative estimate of drug-likeness (QED) is 0.563. The molecule has 1 aromatic carbocycles. The molecule has 0 unspecified atom stereocenters. The predicted octanol–water partition coefficient (Wildman–Crippen LogP) is 3.67. The van der Waals surface area contributed by atoms with Crippen LogP contribution in [0.3, 0.4) is 0 Å². The Morgan fingerprint density at radius 3 is 1.71 bits per heavy atom. The minimum absolute atomic E-state index is 1.00. The molecular formula is C11H19NS2. The molecule has 0 radical (unpaired) electrons. The van der Waals surface area contributed by atoms with E-state index in [9.17, 15) is 0 Å². The van der Waals surface area contributed by atoms with Gasteiger partial charge in [0.1, 0.15) is 0 Å². The van der Waals surface area contributed by atoms with Crippen LogP contribution < -0.4 is 5.32 Å². The number of hydrogen-bond acceptors (Lipinski definition) is 3. The van der Waals surface area contributed by atoms with Crippen molar-refractivity contribution < 1.29 is 0 Å². The first-order valence-electron chi connectivity index (χ1n) is 4.31.